The van der Waals surface area contributed by atoms with Gasteiger partial charge in [0.1, 0.15) is 11.1 Å². The summed E-state index contributed by atoms with van der Waals surface area (Å²) < 4.78 is 25.1. The fourth-order valence-electron chi connectivity index (χ4n) is 1.80. The first kappa shape index (κ1) is 15.4. The van der Waals surface area contributed by atoms with Gasteiger partial charge in [-0.1, -0.05) is 36.0 Å². The second-order valence-electron chi connectivity index (χ2n) is 4.30. The number of sulfone groups is 1. The highest BCUT2D eigenvalue weighted by Gasteiger charge is 2.33. The number of nitrogens with zero attached hydrogens (tertiary/aromatic N) is 2. The van der Waals surface area contributed by atoms with Gasteiger partial charge in [-0.3, -0.25) is 9.69 Å². The molecule has 5 nitrogen and oxygen atoms in total. The highest BCUT2D eigenvalue weighted by Crippen LogP contribution is 2.35. The van der Waals surface area contributed by atoms with Crippen LogP contribution in [0.2, 0.25) is 0 Å². The van der Waals surface area contributed by atoms with Crippen LogP contribution < -0.4 is 0 Å². The van der Waals surface area contributed by atoms with Crippen molar-refractivity contribution in [2.75, 3.05) is 5.75 Å². The number of allylic oxidation sites excluding steroid dienone is 1. The summed E-state index contributed by atoms with van der Waals surface area (Å²) in [7, 11) is -3.96. The molecule has 0 spiro atoms. The van der Waals surface area contributed by atoms with Gasteiger partial charge in [-0.05, 0) is 19.1 Å². The van der Waals surface area contributed by atoms with Gasteiger partial charge < -0.3 is 0 Å². The van der Waals surface area contributed by atoms with Gasteiger partial charge in [-0.2, -0.15) is 5.26 Å². The Labute approximate surface area is 127 Å². The molecule has 7 heteroatoms. The van der Waals surface area contributed by atoms with Crippen LogP contribution in [0.15, 0.2) is 51.9 Å². The lowest BCUT2D eigenvalue weighted by Crippen LogP contribution is -2.20. The summed E-state index contributed by atoms with van der Waals surface area (Å²) in [5.74, 6) is -0.201. The van der Waals surface area contributed by atoms with Crippen LogP contribution in [0.5, 0.6) is 0 Å². The Bertz CT molecular complexity index is 771. The first-order chi connectivity index (χ1) is 9.91. The zero-order chi connectivity index (χ0) is 15.6. The zero-order valence-corrected chi connectivity index (χ0v) is 12.9. The van der Waals surface area contributed by atoms with E-state index in [-0.39, 0.29) is 21.6 Å². The van der Waals surface area contributed by atoms with Gasteiger partial charge in [0.05, 0.1) is 10.6 Å². The molecule has 0 atom stereocenters. The minimum absolute atomic E-state index is 0.0288. The van der Waals surface area contributed by atoms with Crippen molar-refractivity contribution in [3.8, 4) is 6.07 Å². The standard InChI is InChI=1S/C14H12N2O3S2/c1-3-16-13(17)9-20-14(16)12(8-15)21(18,19)11-6-4-10(2)5-7-11/h3-7H,1,9H2,2H3/b14-12+. The van der Waals surface area contributed by atoms with Crippen LogP contribution in [-0.2, 0) is 14.6 Å². The first-order valence-electron chi connectivity index (χ1n) is 5.95. The molecule has 0 aromatic heterocycles. The van der Waals surface area contributed by atoms with Crippen LogP contribution in [0.25, 0.3) is 0 Å². The first-order valence-corrected chi connectivity index (χ1v) is 8.42. The van der Waals surface area contributed by atoms with Crippen LogP contribution in [0, 0.1) is 18.3 Å². The zero-order valence-electron chi connectivity index (χ0n) is 11.2. The molecule has 0 bridgehead atoms. The number of hydrogen-bond acceptors (Lipinski definition) is 5. The van der Waals surface area contributed by atoms with Crippen LogP contribution in [0.4, 0.5) is 0 Å². The van der Waals surface area contributed by atoms with E-state index < -0.39 is 14.7 Å². The van der Waals surface area contributed by atoms with E-state index in [0.717, 1.165) is 22.2 Å². The number of carbonyl (C=O) groups excluding carboxylic acids is 1. The molecule has 0 radical (unpaired) electrons. The van der Waals surface area contributed by atoms with E-state index in [2.05, 4.69) is 6.58 Å². The van der Waals surface area contributed by atoms with E-state index >= 15 is 0 Å². The fourth-order valence-corrected chi connectivity index (χ4v) is 4.38. The van der Waals surface area contributed by atoms with Crippen LogP contribution in [-0.4, -0.2) is 25.0 Å². The molecule has 1 saturated heterocycles. The van der Waals surface area contributed by atoms with Crippen molar-refractivity contribution in [3.63, 3.8) is 0 Å². The van der Waals surface area contributed by atoms with E-state index in [4.69, 9.17) is 0 Å². The van der Waals surface area contributed by atoms with Crippen LogP contribution in [0.1, 0.15) is 5.56 Å². The maximum atomic E-state index is 12.6. The molecule has 21 heavy (non-hydrogen) atoms. The third-order valence-corrected chi connectivity index (χ3v) is 5.81. The number of carbonyl (C=O) groups is 1. The normalized spacial score (nSPS) is 17.5. The van der Waals surface area contributed by atoms with Gasteiger partial charge in [0.25, 0.3) is 0 Å². The summed E-state index contributed by atoms with van der Waals surface area (Å²) in [5, 5.41) is 9.37. The lowest BCUT2D eigenvalue weighted by molar-refractivity contribution is -0.123. The largest absolute Gasteiger partial charge is 0.280 e. The number of thioether (sulfide) groups is 1. The summed E-state index contributed by atoms with van der Waals surface area (Å²) >= 11 is 1.02. The van der Waals surface area contributed by atoms with Gasteiger partial charge in [0.15, 0.2) is 4.91 Å². The topological polar surface area (TPSA) is 78.2 Å². The summed E-state index contributed by atoms with van der Waals surface area (Å²) in [6.07, 6.45) is 1.22. The number of benzene rings is 1. The van der Waals surface area contributed by atoms with Crippen molar-refractivity contribution in [2.24, 2.45) is 0 Å². The van der Waals surface area contributed by atoms with Crippen molar-refractivity contribution in [1.82, 2.24) is 4.90 Å². The fraction of sp³-hybridized carbons (Fsp3) is 0.143. The Balaban J connectivity index is 2.61. The minimum Gasteiger partial charge on any atom is -0.280 e. The number of rotatable bonds is 3. The summed E-state index contributed by atoms with van der Waals surface area (Å²) in [6, 6.07) is 7.92. The number of aryl methyl sites for hydroxylation is 1. The van der Waals surface area contributed by atoms with Gasteiger partial charge in [0, 0.05) is 6.20 Å². The Hall–Kier alpha value is -2.04. The Morgan fingerprint density at radius 3 is 2.57 bits per heavy atom. The maximum Gasteiger partial charge on any atom is 0.241 e. The van der Waals surface area contributed by atoms with Gasteiger partial charge in [-0.25, -0.2) is 8.42 Å². The van der Waals surface area contributed by atoms with Gasteiger partial charge in [0.2, 0.25) is 15.7 Å². The van der Waals surface area contributed by atoms with Gasteiger partial charge >= 0.3 is 0 Å². The monoisotopic (exact) mass is 320 g/mol. The number of hydrogen-bond donors (Lipinski definition) is 0. The molecule has 1 heterocycles. The molecule has 1 aromatic rings. The van der Waals surface area contributed by atoms with Crippen molar-refractivity contribution in [3.05, 3.63) is 52.5 Å². The second kappa shape index (κ2) is 5.76. The lowest BCUT2D eigenvalue weighted by Gasteiger charge is -2.13. The summed E-state index contributed by atoms with van der Waals surface area (Å²) in [4.78, 5) is 12.3. The lowest BCUT2D eigenvalue weighted by atomic mass is 10.2. The second-order valence-corrected chi connectivity index (χ2v) is 7.15. The predicted octanol–water partition coefficient (Wildman–Crippen LogP) is 2.18. The average Bonchev–Trinajstić information content (AvgIpc) is 2.80. The van der Waals surface area contributed by atoms with E-state index in [1.165, 1.54) is 18.3 Å². The molecule has 1 aliphatic rings. The van der Waals surface area contributed by atoms with Crippen LogP contribution >= 0.6 is 11.8 Å². The third kappa shape index (κ3) is 2.73. The van der Waals surface area contributed by atoms with Crippen LogP contribution in [0.3, 0.4) is 0 Å². The van der Waals surface area contributed by atoms with Crippen molar-refractivity contribution in [2.45, 2.75) is 11.8 Å². The highest BCUT2D eigenvalue weighted by atomic mass is 32.2. The molecule has 1 aromatic carbocycles. The van der Waals surface area contributed by atoms with E-state index in [9.17, 15) is 18.5 Å². The average molecular weight is 320 g/mol. The Morgan fingerprint density at radius 2 is 2.05 bits per heavy atom. The van der Waals surface area contributed by atoms with Gasteiger partial charge in [-0.15, -0.1) is 0 Å². The minimum atomic E-state index is -3.96. The number of nitriles is 1. The quantitative estimate of drug-likeness (QED) is 0.798. The smallest absolute Gasteiger partial charge is 0.241 e. The molecule has 0 unspecified atom stereocenters. The molecule has 1 fully saturated rings. The van der Waals surface area contributed by atoms with E-state index in [1.54, 1.807) is 18.2 Å². The van der Waals surface area contributed by atoms with Crippen molar-refractivity contribution < 1.29 is 13.2 Å². The molecule has 1 aliphatic heterocycles. The summed E-state index contributed by atoms with van der Waals surface area (Å²) in [5.41, 5.74) is 0.915. The predicted molar refractivity (Wildman–Crippen MR) is 80.5 cm³/mol. The molecule has 0 saturated carbocycles. The Morgan fingerprint density at radius 1 is 1.43 bits per heavy atom. The van der Waals surface area contributed by atoms with Crippen molar-refractivity contribution in [1.29, 1.82) is 5.26 Å². The summed E-state index contributed by atoms with van der Waals surface area (Å²) in [6.45, 7) is 5.32. The third-order valence-electron chi connectivity index (χ3n) is 2.90. The number of amides is 1. The molecular formula is C14H12N2O3S2. The molecule has 0 aliphatic carbocycles. The molecular weight excluding hydrogens is 308 g/mol. The molecule has 2 rings (SSSR count). The highest BCUT2D eigenvalue weighted by molar-refractivity contribution is 8.05. The van der Waals surface area contributed by atoms with Crippen molar-refractivity contribution >= 4 is 27.5 Å². The molecule has 0 N–H and O–H groups in total. The molecule has 108 valence electrons. The maximum absolute atomic E-state index is 12.6. The van der Waals surface area contributed by atoms with E-state index in [1.807, 2.05) is 6.92 Å². The Kier molecular flexibility index (Phi) is 4.21. The SMILES string of the molecule is C=CN1C(=O)CS/C1=C(\C#N)S(=O)(=O)c1ccc(C)cc1. The molecule has 1 amide bonds. The van der Waals surface area contributed by atoms with E-state index in [0.29, 0.717) is 0 Å².